The summed E-state index contributed by atoms with van der Waals surface area (Å²) in [6.07, 6.45) is 12.3. The molecule has 1 aliphatic heterocycles. The molecule has 2 aromatic carbocycles. The molecule has 4 aromatic rings. The van der Waals surface area contributed by atoms with Crippen LogP contribution < -0.4 is 0 Å². The van der Waals surface area contributed by atoms with E-state index in [9.17, 15) is 37.4 Å². The molecule has 0 spiro atoms. The van der Waals surface area contributed by atoms with Crippen LogP contribution in [-0.2, 0) is 9.59 Å². The summed E-state index contributed by atoms with van der Waals surface area (Å²) in [5, 5.41) is 23.2. The van der Waals surface area contributed by atoms with E-state index in [0.29, 0.717) is 25.7 Å². The Kier molecular flexibility index (Phi) is 12.6. The van der Waals surface area contributed by atoms with Gasteiger partial charge in [-0.2, -0.15) is 0 Å². The van der Waals surface area contributed by atoms with Crippen LogP contribution in [0.25, 0.3) is 21.8 Å². The number of rotatable bonds is 18. The van der Waals surface area contributed by atoms with Gasteiger partial charge in [0.15, 0.2) is 23.3 Å². The number of aromatic nitrogens is 2. The number of carbonyl (C=O) groups excluding carboxylic acids is 2. The number of nitrogens with zero attached hydrogens (tertiary/aromatic N) is 4. The molecule has 1 aliphatic rings. The minimum absolute atomic E-state index is 0.0268. The molecular formula is C40H48F4N4O4. The minimum Gasteiger partial charge on any atom is -0.494 e. The van der Waals surface area contributed by atoms with Crippen molar-refractivity contribution < 1.29 is 37.4 Å². The number of aliphatic imine (C=N–C) groups is 2. The first-order valence-electron chi connectivity index (χ1n) is 18.7. The summed E-state index contributed by atoms with van der Waals surface area (Å²) in [7, 11) is 0. The molecule has 280 valence electrons. The molecule has 52 heavy (non-hydrogen) atoms. The van der Waals surface area contributed by atoms with Gasteiger partial charge in [-0.15, -0.1) is 0 Å². The van der Waals surface area contributed by atoms with Crippen molar-refractivity contribution in [3.05, 3.63) is 58.7 Å². The van der Waals surface area contributed by atoms with Crippen LogP contribution in [0, 0.1) is 23.3 Å². The molecule has 5 rings (SSSR count). The van der Waals surface area contributed by atoms with E-state index in [1.165, 1.54) is 9.13 Å². The van der Waals surface area contributed by atoms with E-state index >= 15 is 0 Å². The summed E-state index contributed by atoms with van der Waals surface area (Å²) in [5.74, 6) is -7.89. The van der Waals surface area contributed by atoms with E-state index in [0.717, 1.165) is 88.5 Å². The van der Waals surface area contributed by atoms with Crippen molar-refractivity contribution in [2.75, 3.05) is 0 Å². The SMILES string of the molecule is CCCCCCCC(CC)n1c(O)c(C2=NC(=O)C(c3c(O)n(C(CC)CCCCCCC)c4cc(F)c(F)cc34)=NC2=O)c2cc(F)c(F)cc21. The Balaban J connectivity index is 1.58. The predicted octanol–water partition coefficient (Wildman–Crippen LogP) is 10.5. The van der Waals surface area contributed by atoms with Gasteiger partial charge in [-0.3, -0.25) is 9.59 Å². The summed E-state index contributed by atoms with van der Waals surface area (Å²) in [4.78, 5) is 35.6. The third kappa shape index (κ3) is 7.52. The number of hydrogen-bond donors (Lipinski definition) is 2. The lowest BCUT2D eigenvalue weighted by atomic mass is 10.0. The number of benzene rings is 2. The standard InChI is InChI=1S/C40H48F4N4O4/c1-5-9-11-13-15-17-23(7-3)47-31-21-29(43)27(41)19-25(31)33(39(47)51)35-37(49)46-36(38(50)45-35)34-26-20-28(42)30(44)22-32(26)48(40(34)52)24(8-4)18-16-14-12-10-6-2/h19-24,51-52H,5-18H2,1-4H3. The average Bonchev–Trinajstić information content (AvgIpc) is 3.54. The molecule has 0 bridgehead atoms. The fourth-order valence-electron chi connectivity index (χ4n) is 7.52. The number of amides is 2. The summed E-state index contributed by atoms with van der Waals surface area (Å²) in [5.41, 5.74) is -1.46. The molecular weight excluding hydrogens is 676 g/mol. The maximum atomic E-state index is 14.7. The normalized spacial score (nSPS) is 14.8. The Morgan fingerprint density at radius 1 is 0.558 bits per heavy atom. The van der Waals surface area contributed by atoms with Crippen LogP contribution in [0.2, 0.25) is 0 Å². The van der Waals surface area contributed by atoms with Crippen LogP contribution in [0.15, 0.2) is 34.3 Å². The van der Waals surface area contributed by atoms with Crippen LogP contribution >= 0.6 is 0 Å². The fraction of sp³-hybridized carbons (Fsp3) is 0.500. The fourth-order valence-corrected chi connectivity index (χ4v) is 7.52. The zero-order valence-electron chi connectivity index (χ0n) is 30.4. The highest BCUT2D eigenvalue weighted by Gasteiger charge is 2.36. The summed E-state index contributed by atoms with van der Waals surface area (Å²) in [6, 6.07) is 2.93. The summed E-state index contributed by atoms with van der Waals surface area (Å²) in [6.45, 7) is 8.03. The van der Waals surface area contributed by atoms with Gasteiger partial charge in [0, 0.05) is 35.0 Å². The molecule has 2 amide bonds. The van der Waals surface area contributed by atoms with Crippen molar-refractivity contribution in [2.45, 2.75) is 130 Å². The molecule has 2 N–H and O–H groups in total. The van der Waals surface area contributed by atoms with Crippen molar-refractivity contribution >= 4 is 45.0 Å². The Morgan fingerprint density at radius 2 is 0.904 bits per heavy atom. The lowest BCUT2D eigenvalue weighted by Crippen LogP contribution is -2.28. The van der Waals surface area contributed by atoms with Gasteiger partial charge in [0.05, 0.1) is 22.2 Å². The molecule has 2 atom stereocenters. The zero-order valence-corrected chi connectivity index (χ0v) is 30.4. The first-order chi connectivity index (χ1) is 25.0. The van der Waals surface area contributed by atoms with Gasteiger partial charge in [0.2, 0.25) is 11.8 Å². The second-order valence-corrected chi connectivity index (χ2v) is 13.8. The Hall–Kier alpha value is -4.48. The molecule has 12 heteroatoms. The molecule has 0 radical (unpaired) electrons. The molecule has 0 saturated heterocycles. The molecule has 0 saturated carbocycles. The van der Waals surface area contributed by atoms with Crippen molar-refractivity contribution in [2.24, 2.45) is 9.98 Å². The Labute approximate surface area is 301 Å². The van der Waals surface area contributed by atoms with Crippen molar-refractivity contribution in [1.29, 1.82) is 0 Å². The van der Waals surface area contributed by atoms with Gasteiger partial charge in [0.25, 0.3) is 11.8 Å². The third-order valence-electron chi connectivity index (χ3n) is 10.3. The quantitative estimate of drug-likeness (QED) is 0.0786. The van der Waals surface area contributed by atoms with E-state index in [1.807, 2.05) is 13.8 Å². The maximum absolute atomic E-state index is 14.7. The highest BCUT2D eigenvalue weighted by molar-refractivity contribution is 6.62. The van der Waals surface area contributed by atoms with E-state index in [2.05, 4.69) is 23.8 Å². The van der Waals surface area contributed by atoms with Gasteiger partial charge in [0.1, 0.15) is 11.4 Å². The first-order valence-corrected chi connectivity index (χ1v) is 18.7. The summed E-state index contributed by atoms with van der Waals surface area (Å²) < 4.78 is 61.6. The van der Waals surface area contributed by atoms with Crippen LogP contribution in [0.5, 0.6) is 11.8 Å². The second kappa shape index (κ2) is 16.9. The van der Waals surface area contributed by atoms with Gasteiger partial charge in [-0.25, -0.2) is 27.5 Å². The van der Waals surface area contributed by atoms with Crippen molar-refractivity contribution in [3.8, 4) is 11.8 Å². The highest BCUT2D eigenvalue weighted by atomic mass is 19.2. The van der Waals surface area contributed by atoms with Gasteiger partial charge in [-0.1, -0.05) is 91.9 Å². The molecule has 3 heterocycles. The third-order valence-corrected chi connectivity index (χ3v) is 10.3. The van der Waals surface area contributed by atoms with Crippen LogP contribution in [0.3, 0.4) is 0 Å². The van der Waals surface area contributed by atoms with E-state index in [-0.39, 0.29) is 45.0 Å². The number of hydrogen-bond acceptors (Lipinski definition) is 4. The number of halogens is 4. The van der Waals surface area contributed by atoms with Gasteiger partial charge in [-0.05, 0) is 37.8 Å². The highest BCUT2D eigenvalue weighted by Crippen LogP contribution is 2.41. The molecule has 0 fully saturated rings. The van der Waals surface area contributed by atoms with Crippen LogP contribution in [-0.4, -0.2) is 42.6 Å². The van der Waals surface area contributed by atoms with Gasteiger partial charge < -0.3 is 19.3 Å². The maximum Gasteiger partial charge on any atom is 0.297 e. The molecule has 2 unspecified atom stereocenters. The zero-order chi connectivity index (χ0) is 37.7. The van der Waals surface area contributed by atoms with Crippen LogP contribution in [0.1, 0.15) is 141 Å². The van der Waals surface area contributed by atoms with E-state index in [4.69, 9.17) is 0 Å². The Morgan fingerprint density at radius 3 is 1.25 bits per heavy atom. The molecule has 2 aromatic heterocycles. The monoisotopic (exact) mass is 724 g/mol. The number of aromatic hydroxyl groups is 2. The number of unbranched alkanes of at least 4 members (excludes halogenated alkanes) is 8. The predicted molar refractivity (Wildman–Crippen MR) is 196 cm³/mol. The number of carbonyl (C=O) groups is 2. The lowest BCUT2D eigenvalue weighted by molar-refractivity contribution is -0.115. The summed E-state index contributed by atoms with van der Waals surface area (Å²) >= 11 is 0. The topological polar surface area (TPSA) is 109 Å². The van der Waals surface area contributed by atoms with Gasteiger partial charge >= 0.3 is 0 Å². The van der Waals surface area contributed by atoms with E-state index < -0.39 is 58.3 Å². The lowest BCUT2D eigenvalue weighted by Gasteiger charge is -2.20. The van der Waals surface area contributed by atoms with Crippen molar-refractivity contribution in [1.82, 2.24) is 9.13 Å². The largest absolute Gasteiger partial charge is 0.494 e. The number of fused-ring (bicyclic) bond motifs is 2. The second-order valence-electron chi connectivity index (χ2n) is 13.8. The Bertz CT molecular complexity index is 1890. The van der Waals surface area contributed by atoms with Crippen molar-refractivity contribution in [3.63, 3.8) is 0 Å². The first kappa shape index (κ1) is 38.7. The molecule has 8 nitrogen and oxygen atoms in total. The molecule has 0 aliphatic carbocycles. The van der Waals surface area contributed by atoms with Crippen LogP contribution in [0.4, 0.5) is 17.6 Å². The smallest absolute Gasteiger partial charge is 0.297 e. The van der Waals surface area contributed by atoms with E-state index in [1.54, 1.807) is 0 Å². The minimum atomic E-state index is -1.22. The average molecular weight is 725 g/mol.